The second-order valence-corrected chi connectivity index (χ2v) is 18.0. The zero-order chi connectivity index (χ0) is 35.9. The molecular formula is C37H59NO11. The summed E-state index contributed by atoms with van der Waals surface area (Å²) in [5.41, 5.74) is -7.23. The van der Waals surface area contributed by atoms with Crippen LogP contribution in [0.3, 0.4) is 0 Å². The maximum atomic E-state index is 13.5. The van der Waals surface area contributed by atoms with Crippen molar-refractivity contribution in [2.75, 3.05) is 13.1 Å². The molecule has 3 saturated heterocycles. The van der Waals surface area contributed by atoms with E-state index < -0.39 is 105 Å². The van der Waals surface area contributed by atoms with Crippen LogP contribution in [0, 0.1) is 46.8 Å². The van der Waals surface area contributed by atoms with Crippen molar-refractivity contribution in [3.05, 3.63) is 0 Å². The Labute approximate surface area is 289 Å². The van der Waals surface area contributed by atoms with Gasteiger partial charge in [0.05, 0.1) is 29.3 Å². The first kappa shape index (κ1) is 36.0. The molecule has 0 radical (unpaired) electrons. The van der Waals surface area contributed by atoms with Crippen molar-refractivity contribution in [1.82, 2.24) is 4.90 Å². The molecule has 7 fully saturated rings. The first-order valence-electron chi connectivity index (χ1n) is 18.9. The van der Waals surface area contributed by atoms with E-state index in [-0.39, 0.29) is 31.7 Å². The van der Waals surface area contributed by atoms with E-state index in [1.807, 2.05) is 13.8 Å². The van der Waals surface area contributed by atoms with Gasteiger partial charge in [-0.2, -0.15) is 0 Å². The minimum atomic E-state index is -2.02. The van der Waals surface area contributed by atoms with Crippen molar-refractivity contribution in [2.45, 2.75) is 158 Å². The average molecular weight is 694 g/mol. The topological polar surface area (TPSA) is 186 Å². The number of aliphatic hydroxyl groups is 6. The van der Waals surface area contributed by atoms with E-state index in [0.717, 1.165) is 19.4 Å². The van der Waals surface area contributed by atoms with Crippen LogP contribution in [-0.4, -0.2) is 119 Å². The van der Waals surface area contributed by atoms with Crippen molar-refractivity contribution in [3.8, 4) is 0 Å². The Morgan fingerprint density at radius 3 is 2.41 bits per heavy atom. The number of esters is 2. The number of hydrogen-bond acceptors (Lipinski definition) is 12. The number of ether oxygens (including phenoxy) is 3. The maximum absolute atomic E-state index is 13.5. The normalized spacial score (nSPS) is 54.8. The lowest BCUT2D eigenvalue weighted by Gasteiger charge is -2.64. The summed E-state index contributed by atoms with van der Waals surface area (Å²) in [5, 5.41) is 73.4. The van der Waals surface area contributed by atoms with Crippen molar-refractivity contribution in [2.24, 2.45) is 46.8 Å². The van der Waals surface area contributed by atoms with Crippen LogP contribution in [0.4, 0.5) is 0 Å². The number of fused-ring (bicyclic) bond motifs is 5. The van der Waals surface area contributed by atoms with Gasteiger partial charge in [-0.1, -0.05) is 34.6 Å². The van der Waals surface area contributed by atoms with Gasteiger partial charge in [-0.25, -0.2) is 4.79 Å². The van der Waals surface area contributed by atoms with Crippen molar-refractivity contribution < 1.29 is 54.4 Å². The molecule has 12 nitrogen and oxygen atoms in total. The van der Waals surface area contributed by atoms with Crippen LogP contribution in [0.5, 0.6) is 0 Å². The van der Waals surface area contributed by atoms with E-state index in [4.69, 9.17) is 14.2 Å². The number of piperidine rings is 2. The van der Waals surface area contributed by atoms with E-state index in [0.29, 0.717) is 25.3 Å². The van der Waals surface area contributed by atoms with Crippen molar-refractivity contribution in [3.63, 3.8) is 0 Å². The highest BCUT2D eigenvalue weighted by atomic mass is 16.7. The van der Waals surface area contributed by atoms with Crippen LogP contribution in [0.1, 0.15) is 99.8 Å². The SMILES string of the molecule is CC[C@@H](C)C(=O)O[C@H]1[C@H](O)[C@H]2[C@@H](CN3C[C@@H](C)CC[C@H]3[C@@]2(C)O)[C@@H]2C[C@]34O[C@]5(O)[C@@H](OC(=O)[C@@](C)(O)CC)CC[C@@]3(C)[C@@H]5C[C@@H](O)[C@H]4[C@]21O. The lowest BCUT2D eigenvalue weighted by atomic mass is 9.49. The Hall–Kier alpha value is -1.38. The molecule has 0 amide bonds. The molecule has 7 aliphatic rings. The van der Waals surface area contributed by atoms with Gasteiger partial charge in [0.25, 0.3) is 0 Å². The second kappa shape index (κ2) is 11.3. The molecule has 0 unspecified atom stereocenters. The molecular weight excluding hydrogens is 634 g/mol. The van der Waals surface area contributed by atoms with Gasteiger partial charge >= 0.3 is 11.9 Å². The molecule has 278 valence electrons. The molecule has 12 heteroatoms. The van der Waals surface area contributed by atoms with Gasteiger partial charge < -0.3 is 44.8 Å². The molecule has 0 aromatic heterocycles. The lowest BCUT2D eigenvalue weighted by molar-refractivity contribution is -0.300. The fourth-order valence-electron chi connectivity index (χ4n) is 12.5. The van der Waals surface area contributed by atoms with E-state index in [1.54, 1.807) is 20.8 Å². The van der Waals surface area contributed by atoms with Gasteiger partial charge in [-0.15, -0.1) is 0 Å². The number of nitrogens with zero attached hydrogens (tertiary/aromatic N) is 1. The lowest BCUT2D eigenvalue weighted by Crippen LogP contribution is -2.77. The zero-order valence-electron chi connectivity index (χ0n) is 30.2. The van der Waals surface area contributed by atoms with Crippen LogP contribution >= 0.6 is 0 Å². The number of hydrogen-bond donors (Lipinski definition) is 6. The predicted octanol–water partition coefficient (Wildman–Crippen LogP) is 1.49. The Balaban J connectivity index is 1.35. The van der Waals surface area contributed by atoms with Gasteiger partial charge in [0.2, 0.25) is 5.79 Å². The summed E-state index contributed by atoms with van der Waals surface area (Å²) in [4.78, 5) is 28.9. The Morgan fingerprint density at radius 1 is 1.06 bits per heavy atom. The number of carbonyl (C=O) groups excluding carboxylic acids is 2. The zero-order valence-corrected chi connectivity index (χ0v) is 30.2. The van der Waals surface area contributed by atoms with E-state index in [9.17, 15) is 40.2 Å². The van der Waals surface area contributed by atoms with Crippen molar-refractivity contribution >= 4 is 11.9 Å². The van der Waals surface area contributed by atoms with Crippen LogP contribution in [0.15, 0.2) is 0 Å². The predicted molar refractivity (Wildman–Crippen MR) is 174 cm³/mol. The molecule has 49 heavy (non-hydrogen) atoms. The molecule has 3 heterocycles. The smallest absolute Gasteiger partial charge is 0.338 e. The van der Waals surface area contributed by atoms with Crippen molar-refractivity contribution in [1.29, 1.82) is 0 Å². The molecule has 1 spiro atoms. The molecule has 4 bridgehead atoms. The molecule has 6 N–H and O–H groups in total. The highest BCUT2D eigenvalue weighted by molar-refractivity contribution is 5.78. The Morgan fingerprint density at radius 2 is 1.76 bits per heavy atom. The molecule has 7 rings (SSSR count). The summed E-state index contributed by atoms with van der Waals surface area (Å²) in [6.07, 6.45) is -2.06. The third kappa shape index (κ3) is 4.56. The van der Waals surface area contributed by atoms with Gasteiger partial charge in [-0.3, -0.25) is 9.69 Å². The molecule has 18 atom stereocenters. The molecule has 3 aliphatic heterocycles. The summed E-state index contributed by atoms with van der Waals surface area (Å²) >= 11 is 0. The average Bonchev–Trinajstić information content (AvgIpc) is 3.31. The van der Waals surface area contributed by atoms with Crippen LogP contribution in [-0.2, 0) is 23.8 Å². The summed E-state index contributed by atoms with van der Waals surface area (Å²) in [5.74, 6) is -7.17. The monoisotopic (exact) mass is 693 g/mol. The summed E-state index contributed by atoms with van der Waals surface area (Å²) in [7, 11) is 0. The van der Waals surface area contributed by atoms with Gasteiger partial charge in [-0.05, 0) is 83.0 Å². The third-order valence-electron chi connectivity index (χ3n) is 15.4. The minimum absolute atomic E-state index is 0.0202. The highest BCUT2D eigenvalue weighted by Crippen LogP contribution is 2.77. The number of rotatable bonds is 6. The number of carbonyl (C=O) groups is 2. The first-order valence-corrected chi connectivity index (χ1v) is 18.9. The summed E-state index contributed by atoms with van der Waals surface area (Å²) < 4.78 is 18.9. The summed E-state index contributed by atoms with van der Waals surface area (Å²) in [6.45, 7) is 13.8. The summed E-state index contributed by atoms with van der Waals surface area (Å²) in [6, 6.07) is -0.218. The largest absolute Gasteiger partial charge is 0.456 e. The standard InChI is InChI=1S/C37H59NO11/c1-8-19(4)30(41)48-29-27(40)26-20(17-38-16-18(3)10-11-24(38)34(26,7)44)21-15-35-28(36(21,29)45)22(39)14-23-32(35,5)13-12-25(37(23,46)49-35)47-31(42)33(6,43)9-2/h18-29,39-40,43-46H,8-17H2,1-7H3/t18-,19+,20-,21-,22+,23-,24-,25-,26+,27+,28+,29-,32-,33-,34+,35+,36+,37-/m0/s1. The third-order valence-corrected chi connectivity index (χ3v) is 15.4. The highest BCUT2D eigenvalue weighted by Gasteiger charge is 2.87. The second-order valence-electron chi connectivity index (χ2n) is 18.0. The van der Waals surface area contributed by atoms with E-state index >= 15 is 0 Å². The van der Waals surface area contributed by atoms with Gasteiger partial charge in [0.1, 0.15) is 5.60 Å². The Bertz CT molecular complexity index is 1360. The number of aliphatic hydroxyl groups excluding tert-OH is 2. The maximum Gasteiger partial charge on any atom is 0.338 e. The quantitative estimate of drug-likeness (QED) is 0.221. The minimum Gasteiger partial charge on any atom is -0.456 e. The fraction of sp³-hybridized carbons (Fsp3) is 0.946. The molecule has 0 aromatic rings. The van der Waals surface area contributed by atoms with E-state index in [1.165, 1.54) is 6.92 Å². The first-order chi connectivity index (χ1) is 22.7. The molecule has 4 aliphatic carbocycles. The molecule has 0 aromatic carbocycles. The molecule has 4 saturated carbocycles. The van der Waals surface area contributed by atoms with Gasteiger partial charge in [0, 0.05) is 42.3 Å². The van der Waals surface area contributed by atoms with Crippen LogP contribution in [0.2, 0.25) is 0 Å². The van der Waals surface area contributed by atoms with Crippen LogP contribution < -0.4 is 0 Å². The Kier molecular flexibility index (Phi) is 8.31. The van der Waals surface area contributed by atoms with Crippen LogP contribution in [0.25, 0.3) is 0 Å². The fourth-order valence-corrected chi connectivity index (χ4v) is 12.5. The van der Waals surface area contributed by atoms with Gasteiger partial charge in [0.15, 0.2) is 17.8 Å². The van der Waals surface area contributed by atoms with E-state index in [2.05, 4.69) is 11.8 Å².